The maximum atomic E-state index is 12.5. The van der Waals surface area contributed by atoms with E-state index in [0.29, 0.717) is 18.3 Å². The Labute approximate surface area is 160 Å². The topological polar surface area (TPSA) is 113 Å². The van der Waals surface area contributed by atoms with Gasteiger partial charge in [0.1, 0.15) is 5.76 Å². The molecule has 8 heteroatoms. The lowest BCUT2D eigenvalue weighted by atomic mass is 9.98. The number of hydrogen-bond donors (Lipinski definition) is 3. The summed E-state index contributed by atoms with van der Waals surface area (Å²) in [5.41, 5.74) is 5.18. The van der Waals surface area contributed by atoms with Crippen molar-refractivity contribution in [3.05, 3.63) is 23.7 Å². The van der Waals surface area contributed by atoms with Crippen LogP contribution in [-0.4, -0.2) is 48.9 Å². The number of aliphatic imine (C=N–C) groups is 1. The molecule has 0 aromatic carbocycles. The minimum absolute atomic E-state index is 0.141. The first kappa shape index (κ1) is 20.8. The lowest BCUT2D eigenvalue weighted by Gasteiger charge is -2.34. The van der Waals surface area contributed by atoms with E-state index in [-0.39, 0.29) is 23.6 Å². The van der Waals surface area contributed by atoms with Crippen molar-refractivity contribution in [1.82, 2.24) is 15.5 Å². The van der Waals surface area contributed by atoms with Crippen LogP contribution in [0.1, 0.15) is 55.8 Å². The molecule has 0 bridgehead atoms. The van der Waals surface area contributed by atoms with E-state index >= 15 is 0 Å². The van der Waals surface area contributed by atoms with Gasteiger partial charge in [-0.15, -0.1) is 0 Å². The maximum absolute atomic E-state index is 12.5. The third-order valence-corrected chi connectivity index (χ3v) is 5.04. The Morgan fingerprint density at radius 1 is 1.30 bits per heavy atom. The molecule has 1 aromatic heterocycles. The van der Waals surface area contributed by atoms with Gasteiger partial charge in [0.15, 0.2) is 11.7 Å². The van der Waals surface area contributed by atoms with Crippen LogP contribution in [0.4, 0.5) is 0 Å². The van der Waals surface area contributed by atoms with Crippen LogP contribution in [0, 0.1) is 5.92 Å². The number of nitrogens with zero attached hydrogens (tertiary/aromatic N) is 2. The van der Waals surface area contributed by atoms with E-state index in [1.165, 1.54) is 0 Å². The highest BCUT2D eigenvalue weighted by Gasteiger charge is 2.26. The van der Waals surface area contributed by atoms with E-state index in [2.05, 4.69) is 29.5 Å². The number of primary amides is 1. The van der Waals surface area contributed by atoms with E-state index in [9.17, 15) is 9.59 Å². The van der Waals surface area contributed by atoms with Crippen molar-refractivity contribution in [2.24, 2.45) is 16.6 Å². The molecule has 0 unspecified atom stereocenters. The van der Waals surface area contributed by atoms with Crippen molar-refractivity contribution < 1.29 is 14.0 Å². The van der Waals surface area contributed by atoms with Crippen LogP contribution in [0.15, 0.2) is 21.5 Å². The summed E-state index contributed by atoms with van der Waals surface area (Å²) in [6, 6.07) is 3.53. The number of amides is 2. The second kappa shape index (κ2) is 9.99. The highest BCUT2D eigenvalue weighted by molar-refractivity contribution is 5.89. The number of carbonyl (C=O) groups is 2. The third-order valence-electron chi connectivity index (χ3n) is 5.04. The highest BCUT2D eigenvalue weighted by Crippen LogP contribution is 2.17. The molecule has 0 spiro atoms. The molecule has 1 saturated heterocycles. The van der Waals surface area contributed by atoms with Crippen molar-refractivity contribution in [3.63, 3.8) is 0 Å². The molecule has 27 heavy (non-hydrogen) atoms. The Hall–Kier alpha value is -2.51. The van der Waals surface area contributed by atoms with Gasteiger partial charge in [-0.05, 0) is 37.8 Å². The average Bonchev–Trinajstić information content (AvgIpc) is 3.16. The summed E-state index contributed by atoms with van der Waals surface area (Å²) < 4.78 is 5.35. The molecular weight excluding hydrogens is 346 g/mol. The SMILES string of the molecule is CCC(CC)C(=O)N1CCC(NC(=NC)NCc2ccc(C(N)=O)o2)CC1. The number of nitrogens with two attached hydrogens (primary N) is 1. The molecule has 1 aliphatic rings. The molecule has 0 atom stereocenters. The van der Waals surface area contributed by atoms with Gasteiger partial charge in [0.2, 0.25) is 5.91 Å². The molecule has 0 aliphatic carbocycles. The molecule has 1 aromatic rings. The van der Waals surface area contributed by atoms with Gasteiger partial charge in [-0.3, -0.25) is 14.6 Å². The standard InChI is InChI=1S/C19H31N5O3/c1-4-13(5-2)18(26)24-10-8-14(9-11-24)23-19(21-3)22-12-15-6-7-16(27-15)17(20)25/h6-7,13-14H,4-5,8-12H2,1-3H3,(H2,20,25)(H2,21,22,23). The number of guanidine groups is 1. The normalized spacial score (nSPS) is 15.9. The first-order valence-corrected chi connectivity index (χ1v) is 9.62. The van der Waals surface area contributed by atoms with E-state index in [4.69, 9.17) is 10.2 Å². The molecule has 2 heterocycles. The number of rotatable bonds is 7. The highest BCUT2D eigenvalue weighted by atomic mass is 16.3. The van der Waals surface area contributed by atoms with Crippen molar-refractivity contribution in [2.45, 2.75) is 52.1 Å². The summed E-state index contributed by atoms with van der Waals surface area (Å²) in [6.45, 7) is 6.08. The fourth-order valence-electron chi connectivity index (χ4n) is 3.30. The van der Waals surface area contributed by atoms with Crippen LogP contribution >= 0.6 is 0 Å². The molecule has 1 aliphatic heterocycles. The number of likely N-dealkylation sites (tertiary alicyclic amines) is 1. The lowest BCUT2D eigenvalue weighted by molar-refractivity contribution is -0.136. The second-order valence-corrected chi connectivity index (χ2v) is 6.81. The predicted octanol–water partition coefficient (Wildman–Crippen LogP) is 1.47. The van der Waals surface area contributed by atoms with Gasteiger partial charge in [0, 0.05) is 32.1 Å². The molecule has 4 N–H and O–H groups in total. The molecule has 8 nitrogen and oxygen atoms in total. The Kier molecular flexibility index (Phi) is 7.69. The first-order chi connectivity index (χ1) is 13.0. The molecule has 0 radical (unpaired) electrons. The summed E-state index contributed by atoms with van der Waals surface area (Å²) in [5.74, 6) is 1.25. The van der Waals surface area contributed by atoms with E-state index in [1.807, 2.05) is 4.90 Å². The largest absolute Gasteiger partial charge is 0.454 e. The second-order valence-electron chi connectivity index (χ2n) is 6.81. The van der Waals surface area contributed by atoms with E-state index < -0.39 is 5.91 Å². The van der Waals surface area contributed by atoms with Crippen molar-refractivity contribution in [2.75, 3.05) is 20.1 Å². The molecular formula is C19H31N5O3. The predicted molar refractivity (Wildman–Crippen MR) is 104 cm³/mol. The van der Waals surface area contributed by atoms with Gasteiger partial charge >= 0.3 is 0 Å². The summed E-state index contributed by atoms with van der Waals surface area (Å²) >= 11 is 0. The van der Waals surface area contributed by atoms with Crippen LogP contribution in [0.2, 0.25) is 0 Å². The molecule has 2 rings (SSSR count). The van der Waals surface area contributed by atoms with Gasteiger partial charge in [0.05, 0.1) is 6.54 Å². The minimum atomic E-state index is -0.585. The van der Waals surface area contributed by atoms with Crippen molar-refractivity contribution >= 4 is 17.8 Å². The van der Waals surface area contributed by atoms with Crippen LogP contribution in [0.3, 0.4) is 0 Å². The van der Waals surface area contributed by atoms with Crippen molar-refractivity contribution in [3.8, 4) is 0 Å². The summed E-state index contributed by atoms with van der Waals surface area (Å²) in [4.78, 5) is 29.8. The summed E-state index contributed by atoms with van der Waals surface area (Å²) in [6.07, 6.45) is 3.57. The van der Waals surface area contributed by atoms with Gasteiger partial charge in [-0.1, -0.05) is 13.8 Å². The number of nitrogens with one attached hydrogen (secondary N) is 2. The number of hydrogen-bond acceptors (Lipinski definition) is 4. The van der Waals surface area contributed by atoms with Gasteiger partial charge in [-0.25, -0.2) is 0 Å². The Morgan fingerprint density at radius 2 is 1.96 bits per heavy atom. The van der Waals surface area contributed by atoms with Crippen LogP contribution in [0.5, 0.6) is 0 Å². The summed E-state index contributed by atoms with van der Waals surface area (Å²) in [7, 11) is 1.71. The fourth-order valence-corrected chi connectivity index (χ4v) is 3.30. The van der Waals surface area contributed by atoms with E-state index in [0.717, 1.165) is 38.8 Å². The van der Waals surface area contributed by atoms with Crippen LogP contribution < -0.4 is 16.4 Å². The van der Waals surface area contributed by atoms with Gasteiger partial charge in [0.25, 0.3) is 5.91 Å². The van der Waals surface area contributed by atoms with Crippen LogP contribution in [-0.2, 0) is 11.3 Å². The average molecular weight is 377 g/mol. The van der Waals surface area contributed by atoms with Gasteiger partial charge < -0.3 is 25.7 Å². The zero-order valence-corrected chi connectivity index (χ0v) is 16.5. The lowest BCUT2D eigenvalue weighted by Crippen LogP contribution is -2.50. The smallest absolute Gasteiger partial charge is 0.284 e. The molecule has 0 saturated carbocycles. The maximum Gasteiger partial charge on any atom is 0.284 e. The quantitative estimate of drug-likeness (QED) is 0.492. The Bertz CT molecular complexity index is 658. The van der Waals surface area contributed by atoms with Gasteiger partial charge in [-0.2, -0.15) is 0 Å². The molecule has 150 valence electrons. The number of furan rings is 1. The monoisotopic (exact) mass is 377 g/mol. The number of piperidine rings is 1. The first-order valence-electron chi connectivity index (χ1n) is 9.62. The Balaban J connectivity index is 1.78. The van der Waals surface area contributed by atoms with E-state index in [1.54, 1.807) is 19.2 Å². The third kappa shape index (κ3) is 5.74. The summed E-state index contributed by atoms with van der Waals surface area (Å²) in [5, 5.41) is 6.56. The van der Waals surface area contributed by atoms with Crippen LogP contribution in [0.25, 0.3) is 0 Å². The zero-order chi connectivity index (χ0) is 19.8. The molecule has 2 amide bonds. The van der Waals surface area contributed by atoms with Crippen molar-refractivity contribution in [1.29, 1.82) is 0 Å². The fraction of sp³-hybridized carbons (Fsp3) is 0.632. The zero-order valence-electron chi connectivity index (χ0n) is 16.5. The Morgan fingerprint density at radius 3 is 2.48 bits per heavy atom. The molecule has 1 fully saturated rings. The minimum Gasteiger partial charge on any atom is -0.454 e. The number of carbonyl (C=O) groups excluding carboxylic acids is 2.